The molecule has 0 saturated carbocycles. The van der Waals surface area contributed by atoms with Gasteiger partial charge in [-0.3, -0.25) is 0 Å². The van der Waals surface area contributed by atoms with E-state index in [0.29, 0.717) is 5.31 Å². The zero-order valence-corrected chi connectivity index (χ0v) is 14.2. The number of allylic oxidation sites excluding steroid dienone is 1. The predicted octanol–water partition coefficient (Wildman–Crippen LogP) is 6.47. The largest absolute Gasteiger partial charge is 0.157 e. The molecule has 0 aliphatic rings. The van der Waals surface area contributed by atoms with Crippen molar-refractivity contribution in [3.8, 4) is 0 Å². The molecule has 0 N–H and O–H groups in total. The lowest BCUT2D eigenvalue weighted by Gasteiger charge is -2.30. The molecular formula is C18H37B. The van der Waals surface area contributed by atoms with Gasteiger partial charge in [0.15, 0.2) is 7.28 Å². The number of hydrogen-bond acceptors (Lipinski definition) is 0. The van der Waals surface area contributed by atoms with Crippen molar-refractivity contribution in [1.82, 2.24) is 0 Å². The highest BCUT2D eigenvalue weighted by atomic mass is 14.2. The van der Waals surface area contributed by atoms with E-state index in [1.165, 1.54) is 77.0 Å². The molecule has 0 amide bonds. The van der Waals surface area contributed by atoms with Gasteiger partial charge in [0.25, 0.3) is 0 Å². The summed E-state index contributed by atoms with van der Waals surface area (Å²) in [5.74, 6) is 0. The lowest BCUT2D eigenvalue weighted by atomic mass is 9.46. The van der Waals surface area contributed by atoms with Crippen molar-refractivity contribution in [1.29, 1.82) is 0 Å². The minimum absolute atomic E-state index is 0.522. The third-order valence-electron chi connectivity index (χ3n) is 4.44. The Morgan fingerprint density at radius 3 is 1.68 bits per heavy atom. The molecule has 112 valence electrons. The second-order valence-corrected chi connectivity index (χ2v) is 6.71. The second kappa shape index (κ2) is 11.6. The maximum Gasteiger partial charge on any atom is 0.157 e. The Balaban J connectivity index is 4.15. The van der Waals surface area contributed by atoms with E-state index in [2.05, 4.69) is 34.3 Å². The van der Waals surface area contributed by atoms with Gasteiger partial charge in [0, 0.05) is 0 Å². The maximum absolute atomic E-state index is 4.25. The minimum Gasteiger partial charge on any atom is -0.112 e. The van der Waals surface area contributed by atoms with Gasteiger partial charge in [0.2, 0.25) is 0 Å². The molecule has 1 heteroatoms. The van der Waals surface area contributed by atoms with Crippen LogP contribution in [0.5, 0.6) is 0 Å². The summed E-state index contributed by atoms with van der Waals surface area (Å²) in [6.07, 6.45) is 15.1. The van der Waals surface area contributed by atoms with Crippen molar-refractivity contribution in [3.63, 3.8) is 0 Å². The zero-order valence-electron chi connectivity index (χ0n) is 14.2. The Hall–Kier alpha value is -0.195. The lowest BCUT2D eigenvalue weighted by Crippen LogP contribution is -2.19. The Bertz CT molecular complexity index is 208. The first-order valence-electron chi connectivity index (χ1n) is 8.74. The van der Waals surface area contributed by atoms with Gasteiger partial charge in [-0.05, 0) is 6.42 Å². The van der Waals surface area contributed by atoms with Crippen LogP contribution in [0.4, 0.5) is 0 Å². The molecule has 0 aromatic heterocycles. The van der Waals surface area contributed by atoms with E-state index in [0.717, 1.165) is 6.42 Å². The molecule has 0 aliphatic heterocycles. The molecule has 0 aliphatic carbocycles. The van der Waals surface area contributed by atoms with Crippen LogP contribution in [0, 0.1) is 0 Å². The quantitative estimate of drug-likeness (QED) is 0.264. The lowest BCUT2D eigenvalue weighted by molar-refractivity contribution is 0.451. The van der Waals surface area contributed by atoms with Gasteiger partial charge in [0.1, 0.15) is 0 Å². The van der Waals surface area contributed by atoms with Gasteiger partial charge >= 0.3 is 0 Å². The Morgan fingerprint density at radius 1 is 0.842 bits per heavy atom. The molecule has 0 heterocycles. The van der Waals surface area contributed by atoms with Crippen molar-refractivity contribution < 1.29 is 0 Å². The topological polar surface area (TPSA) is 0 Å². The minimum atomic E-state index is 0.522. The first-order chi connectivity index (χ1) is 9.08. The van der Waals surface area contributed by atoms with Gasteiger partial charge in [-0.1, -0.05) is 97.2 Å². The molecular weight excluding hydrogens is 227 g/mol. The molecule has 19 heavy (non-hydrogen) atoms. The van der Waals surface area contributed by atoms with Crippen LogP contribution in [0.25, 0.3) is 0 Å². The van der Waals surface area contributed by atoms with Gasteiger partial charge in [-0.2, -0.15) is 0 Å². The van der Waals surface area contributed by atoms with Crippen LogP contribution >= 0.6 is 0 Å². The van der Waals surface area contributed by atoms with Gasteiger partial charge in [0.05, 0.1) is 0 Å². The van der Waals surface area contributed by atoms with Gasteiger partial charge < -0.3 is 0 Å². The molecule has 0 bridgehead atoms. The Morgan fingerprint density at radius 2 is 1.32 bits per heavy atom. The summed E-state index contributed by atoms with van der Waals surface area (Å²) in [7, 11) is 1.25. The number of unbranched alkanes of at least 4 members (excludes halogenated alkanes) is 6. The molecule has 0 aromatic carbocycles. The number of hydrogen-bond donors (Lipinski definition) is 0. The average Bonchev–Trinajstić information content (AvgIpc) is 2.40. The fourth-order valence-electron chi connectivity index (χ4n) is 2.99. The van der Waals surface area contributed by atoms with Crippen LogP contribution in [0.1, 0.15) is 98.3 Å². The van der Waals surface area contributed by atoms with Crippen LogP contribution in [0.3, 0.4) is 0 Å². The average molecular weight is 264 g/mol. The van der Waals surface area contributed by atoms with Crippen molar-refractivity contribution in [3.05, 3.63) is 12.1 Å². The summed E-state index contributed by atoms with van der Waals surface area (Å²) in [4.78, 5) is 0. The first-order valence-corrected chi connectivity index (χ1v) is 8.74. The first kappa shape index (κ1) is 18.8. The predicted molar refractivity (Wildman–Crippen MR) is 92.5 cm³/mol. The summed E-state index contributed by atoms with van der Waals surface area (Å²) in [5.41, 5.74) is 1.45. The van der Waals surface area contributed by atoms with Crippen LogP contribution in [0.15, 0.2) is 12.1 Å². The second-order valence-electron chi connectivity index (χ2n) is 6.71. The van der Waals surface area contributed by atoms with E-state index in [-0.39, 0.29) is 0 Å². The SMILES string of the molecule is C=C(BC(C)(CCCCCC)CCCCCC)CC. The monoisotopic (exact) mass is 264 g/mol. The fraction of sp³-hybridized carbons (Fsp3) is 0.889. The van der Waals surface area contributed by atoms with Crippen LogP contribution in [0.2, 0.25) is 5.31 Å². The highest BCUT2D eigenvalue weighted by Crippen LogP contribution is 2.39. The Kier molecular flexibility index (Phi) is 11.5. The summed E-state index contributed by atoms with van der Waals surface area (Å²) in [5, 5.41) is 0.522. The normalized spacial score (nSPS) is 11.6. The molecule has 0 radical (unpaired) electrons. The number of rotatable bonds is 13. The van der Waals surface area contributed by atoms with E-state index in [4.69, 9.17) is 0 Å². The van der Waals surface area contributed by atoms with Crippen molar-refractivity contribution in [2.24, 2.45) is 0 Å². The molecule has 0 fully saturated rings. The highest BCUT2D eigenvalue weighted by molar-refractivity contribution is 6.48. The van der Waals surface area contributed by atoms with Crippen molar-refractivity contribution in [2.45, 2.75) is 104 Å². The standard InChI is InChI=1S/C18H37B/c1-6-9-11-13-15-18(5,19-17(4)8-3)16-14-12-10-7-2/h19H,4,6-16H2,1-3,5H3. The maximum atomic E-state index is 4.25. The molecule has 0 atom stereocenters. The van der Waals surface area contributed by atoms with Crippen LogP contribution in [-0.2, 0) is 0 Å². The van der Waals surface area contributed by atoms with E-state index in [1.54, 1.807) is 0 Å². The van der Waals surface area contributed by atoms with E-state index < -0.39 is 0 Å². The fourth-order valence-corrected chi connectivity index (χ4v) is 2.99. The molecule has 0 aromatic rings. The summed E-state index contributed by atoms with van der Waals surface area (Å²) in [6.45, 7) is 13.6. The van der Waals surface area contributed by atoms with Crippen molar-refractivity contribution in [2.75, 3.05) is 0 Å². The smallest absolute Gasteiger partial charge is 0.112 e. The van der Waals surface area contributed by atoms with E-state index in [9.17, 15) is 0 Å². The van der Waals surface area contributed by atoms with E-state index in [1.807, 2.05) is 0 Å². The zero-order chi connectivity index (χ0) is 14.6. The van der Waals surface area contributed by atoms with Crippen LogP contribution in [-0.4, -0.2) is 7.28 Å². The van der Waals surface area contributed by atoms with Gasteiger partial charge in [-0.25, -0.2) is 0 Å². The molecule has 0 rings (SSSR count). The van der Waals surface area contributed by atoms with Gasteiger partial charge in [-0.15, -0.1) is 12.1 Å². The highest BCUT2D eigenvalue weighted by Gasteiger charge is 2.25. The third kappa shape index (κ3) is 10.3. The summed E-state index contributed by atoms with van der Waals surface area (Å²) in [6, 6.07) is 0. The summed E-state index contributed by atoms with van der Waals surface area (Å²) >= 11 is 0. The molecule has 0 nitrogen and oxygen atoms in total. The summed E-state index contributed by atoms with van der Waals surface area (Å²) < 4.78 is 0. The molecule has 0 spiro atoms. The van der Waals surface area contributed by atoms with Crippen molar-refractivity contribution >= 4 is 7.28 Å². The molecule has 0 saturated heterocycles. The Labute approximate surface area is 123 Å². The van der Waals surface area contributed by atoms with E-state index >= 15 is 0 Å². The molecule has 0 unspecified atom stereocenters. The van der Waals surface area contributed by atoms with Crippen LogP contribution < -0.4 is 0 Å². The third-order valence-corrected chi connectivity index (χ3v) is 4.44.